The molecule has 136 valence electrons. The summed E-state index contributed by atoms with van der Waals surface area (Å²) in [6, 6.07) is -1.16. The van der Waals surface area contributed by atoms with E-state index in [4.69, 9.17) is 18.9 Å². The highest BCUT2D eigenvalue weighted by atomic mass is 16.7. The number of carbonyl (C=O) groups is 4. The van der Waals surface area contributed by atoms with Crippen molar-refractivity contribution in [3.05, 3.63) is 0 Å². The Labute approximate surface area is 138 Å². The first-order chi connectivity index (χ1) is 11.1. The summed E-state index contributed by atoms with van der Waals surface area (Å²) in [7, 11) is 0. The standard InChI is InChI=1S/C14H21NO9/c1-6(16)15-11-13(23-9(4)19)12(22-8(3)18)10(24-14(11)20)5-21-7(2)17/h10-14,20H,5H2,1-4H3,(H,15,16)/t10-,11+,12+,13+,14-/m0/s1. The molecule has 0 aromatic carbocycles. The normalized spacial score (nSPS) is 29.3. The summed E-state index contributed by atoms with van der Waals surface area (Å²) in [5.41, 5.74) is 0. The Morgan fingerprint density at radius 2 is 1.50 bits per heavy atom. The second-order valence-corrected chi connectivity index (χ2v) is 5.24. The van der Waals surface area contributed by atoms with Crippen molar-refractivity contribution in [3.8, 4) is 0 Å². The molecule has 10 nitrogen and oxygen atoms in total. The predicted molar refractivity (Wildman–Crippen MR) is 76.2 cm³/mol. The van der Waals surface area contributed by atoms with Crippen molar-refractivity contribution >= 4 is 23.8 Å². The highest BCUT2D eigenvalue weighted by molar-refractivity contribution is 5.73. The molecule has 0 aromatic heterocycles. The van der Waals surface area contributed by atoms with Gasteiger partial charge in [0.15, 0.2) is 18.5 Å². The minimum Gasteiger partial charge on any atom is -0.463 e. The Morgan fingerprint density at radius 3 is 1.96 bits per heavy atom. The van der Waals surface area contributed by atoms with Crippen molar-refractivity contribution in [2.75, 3.05) is 6.61 Å². The van der Waals surface area contributed by atoms with Crippen LogP contribution in [-0.2, 0) is 38.1 Å². The Hall–Kier alpha value is -2.20. The number of hydrogen-bond donors (Lipinski definition) is 2. The lowest BCUT2D eigenvalue weighted by Gasteiger charge is -2.43. The van der Waals surface area contributed by atoms with Gasteiger partial charge in [-0.3, -0.25) is 19.2 Å². The van der Waals surface area contributed by atoms with Gasteiger partial charge in [0.05, 0.1) is 0 Å². The summed E-state index contributed by atoms with van der Waals surface area (Å²) in [5.74, 6) is -2.54. The van der Waals surface area contributed by atoms with Gasteiger partial charge in [-0.05, 0) is 0 Å². The third-order valence-corrected chi connectivity index (χ3v) is 3.09. The van der Waals surface area contributed by atoms with Crippen LogP contribution in [0.4, 0.5) is 0 Å². The summed E-state index contributed by atoms with van der Waals surface area (Å²) >= 11 is 0. The van der Waals surface area contributed by atoms with Crippen LogP contribution in [0.2, 0.25) is 0 Å². The SMILES string of the molecule is CC(=O)N[C@@H]1[C@@H](OC(C)=O)[C@H](OC(C)=O)[C@H](COC(C)=O)O[C@@H]1O. The van der Waals surface area contributed by atoms with E-state index in [0.717, 1.165) is 13.8 Å². The molecule has 1 rings (SSSR count). The number of amides is 1. The molecule has 0 radical (unpaired) electrons. The maximum atomic E-state index is 11.4. The van der Waals surface area contributed by atoms with Crippen molar-refractivity contribution < 1.29 is 43.2 Å². The molecule has 0 aliphatic carbocycles. The Bertz CT molecular complexity index is 506. The van der Waals surface area contributed by atoms with E-state index in [1.54, 1.807) is 0 Å². The van der Waals surface area contributed by atoms with Crippen molar-refractivity contribution in [2.24, 2.45) is 0 Å². The van der Waals surface area contributed by atoms with Gasteiger partial charge in [-0.25, -0.2) is 0 Å². The van der Waals surface area contributed by atoms with Gasteiger partial charge < -0.3 is 29.4 Å². The summed E-state index contributed by atoms with van der Waals surface area (Å²) < 4.78 is 20.3. The van der Waals surface area contributed by atoms with E-state index >= 15 is 0 Å². The monoisotopic (exact) mass is 347 g/mol. The second kappa shape index (κ2) is 8.60. The van der Waals surface area contributed by atoms with E-state index < -0.39 is 54.5 Å². The van der Waals surface area contributed by atoms with Crippen molar-refractivity contribution in [1.29, 1.82) is 0 Å². The summed E-state index contributed by atoms with van der Waals surface area (Å²) in [6.07, 6.45) is -5.06. The smallest absolute Gasteiger partial charge is 0.303 e. The van der Waals surface area contributed by atoms with Gasteiger partial charge in [0, 0.05) is 27.7 Å². The third kappa shape index (κ3) is 5.78. The number of carbonyl (C=O) groups excluding carboxylic acids is 4. The van der Waals surface area contributed by atoms with Crippen LogP contribution in [0, 0.1) is 0 Å². The zero-order chi connectivity index (χ0) is 18.4. The van der Waals surface area contributed by atoms with E-state index in [1.165, 1.54) is 13.8 Å². The van der Waals surface area contributed by atoms with Crippen molar-refractivity contribution in [2.45, 2.75) is 58.3 Å². The minimum absolute atomic E-state index is 0.338. The average Bonchev–Trinajstić information content (AvgIpc) is 2.42. The first-order valence-corrected chi connectivity index (χ1v) is 7.20. The van der Waals surface area contributed by atoms with Gasteiger partial charge in [-0.1, -0.05) is 0 Å². The van der Waals surface area contributed by atoms with E-state index in [-0.39, 0.29) is 6.61 Å². The number of esters is 3. The fourth-order valence-corrected chi connectivity index (χ4v) is 2.31. The lowest BCUT2D eigenvalue weighted by Crippen LogP contribution is -2.66. The molecular weight excluding hydrogens is 326 g/mol. The molecule has 0 saturated carbocycles. The topological polar surface area (TPSA) is 137 Å². The van der Waals surface area contributed by atoms with Crippen LogP contribution in [0.15, 0.2) is 0 Å². The molecule has 1 fully saturated rings. The number of rotatable bonds is 5. The number of nitrogens with one attached hydrogen (secondary N) is 1. The first kappa shape index (κ1) is 19.8. The van der Waals surface area contributed by atoms with Crippen LogP contribution in [-0.4, -0.2) is 66.2 Å². The second-order valence-electron chi connectivity index (χ2n) is 5.24. The summed E-state index contributed by atoms with van der Waals surface area (Å²) in [5, 5.41) is 12.5. The number of hydrogen-bond acceptors (Lipinski definition) is 9. The lowest BCUT2D eigenvalue weighted by molar-refractivity contribution is -0.264. The molecule has 0 unspecified atom stereocenters. The largest absolute Gasteiger partial charge is 0.463 e. The molecule has 24 heavy (non-hydrogen) atoms. The fraction of sp³-hybridized carbons (Fsp3) is 0.714. The molecule has 0 aromatic rings. The molecule has 2 N–H and O–H groups in total. The molecule has 10 heteroatoms. The molecule has 1 saturated heterocycles. The predicted octanol–water partition coefficient (Wildman–Crippen LogP) is -1.37. The molecule has 1 aliphatic heterocycles. The molecule has 1 amide bonds. The number of ether oxygens (including phenoxy) is 4. The number of aliphatic hydroxyl groups excluding tert-OH is 1. The Morgan fingerprint density at radius 1 is 0.958 bits per heavy atom. The van der Waals surface area contributed by atoms with Crippen LogP contribution in [0.25, 0.3) is 0 Å². The van der Waals surface area contributed by atoms with Gasteiger partial charge >= 0.3 is 17.9 Å². The number of aliphatic hydroxyl groups is 1. The van der Waals surface area contributed by atoms with Crippen molar-refractivity contribution in [3.63, 3.8) is 0 Å². The Balaban J connectivity index is 3.11. The summed E-state index contributed by atoms with van der Waals surface area (Å²) in [6.45, 7) is 4.28. The summed E-state index contributed by atoms with van der Waals surface area (Å²) in [4.78, 5) is 45.0. The molecule has 0 bridgehead atoms. The molecule has 5 atom stereocenters. The maximum absolute atomic E-state index is 11.4. The first-order valence-electron chi connectivity index (χ1n) is 7.20. The molecule has 1 heterocycles. The van der Waals surface area contributed by atoms with Gasteiger partial charge in [0.1, 0.15) is 18.8 Å². The fourth-order valence-electron chi connectivity index (χ4n) is 2.31. The maximum Gasteiger partial charge on any atom is 0.303 e. The molecule has 1 aliphatic rings. The third-order valence-electron chi connectivity index (χ3n) is 3.09. The van der Waals surface area contributed by atoms with Gasteiger partial charge in [-0.2, -0.15) is 0 Å². The minimum atomic E-state index is -1.56. The van der Waals surface area contributed by atoms with Crippen LogP contribution < -0.4 is 5.32 Å². The Kier molecular flexibility index (Phi) is 7.11. The molecule has 0 spiro atoms. The van der Waals surface area contributed by atoms with Crippen molar-refractivity contribution in [1.82, 2.24) is 5.32 Å². The highest BCUT2D eigenvalue weighted by Gasteiger charge is 2.50. The van der Waals surface area contributed by atoms with E-state index in [9.17, 15) is 24.3 Å². The van der Waals surface area contributed by atoms with Crippen LogP contribution in [0.1, 0.15) is 27.7 Å². The molecular formula is C14H21NO9. The van der Waals surface area contributed by atoms with Gasteiger partial charge in [0.2, 0.25) is 5.91 Å². The lowest BCUT2D eigenvalue weighted by atomic mass is 9.96. The van der Waals surface area contributed by atoms with Gasteiger partial charge in [-0.15, -0.1) is 0 Å². The van der Waals surface area contributed by atoms with Crippen LogP contribution >= 0.6 is 0 Å². The van der Waals surface area contributed by atoms with E-state index in [0.29, 0.717) is 0 Å². The van der Waals surface area contributed by atoms with Gasteiger partial charge in [0.25, 0.3) is 0 Å². The quantitative estimate of drug-likeness (QED) is 0.456. The van der Waals surface area contributed by atoms with E-state index in [2.05, 4.69) is 5.32 Å². The zero-order valence-corrected chi connectivity index (χ0v) is 13.8. The highest BCUT2D eigenvalue weighted by Crippen LogP contribution is 2.26. The van der Waals surface area contributed by atoms with Crippen LogP contribution in [0.5, 0.6) is 0 Å². The van der Waals surface area contributed by atoms with Crippen LogP contribution in [0.3, 0.4) is 0 Å². The van der Waals surface area contributed by atoms with E-state index in [1.807, 2.05) is 0 Å². The zero-order valence-electron chi connectivity index (χ0n) is 13.8. The average molecular weight is 347 g/mol.